The zero-order valence-electron chi connectivity index (χ0n) is 12.1. The minimum atomic E-state index is -3.74. The third-order valence-electron chi connectivity index (χ3n) is 3.00. The first-order valence-electron chi connectivity index (χ1n) is 6.55. The smallest absolute Gasteiger partial charge is 0.344 e. The summed E-state index contributed by atoms with van der Waals surface area (Å²) < 4.78 is 33.2. The Balaban J connectivity index is 2.12. The average molecular weight is 343 g/mol. The largest absolute Gasteiger partial charge is 0.457 e. The predicted molar refractivity (Wildman–Crippen MR) is 83.7 cm³/mol. The molecule has 0 unspecified atom stereocenters. The van der Waals surface area contributed by atoms with Crippen LogP contribution >= 0.6 is 11.6 Å². The molecule has 0 atom stereocenters. The second kappa shape index (κ2) is 6.50. The summed E-state index contributed by atoms with van der Waals surface area (Å²) in [5.41, 5.74) is 0.978. The van der Waals surface area contributed by atoms with E-state index in [0.29, 0.717) is 5.02 Å². The fraction of sp³-hybridized carbons (Fsp3) is 0.286. The lowest BCUT2D eigenvalue weighted by molar-refractivity contribution is -0.139. The molecule has 0 aromatic heterocycles. The van der Waals surface area contributed by atoms with E-state index in [1.54, 1.807) is 31.2 Å². The monoisotopic (exact) mass is 342 g/mol. The highest BCUT2D eigenvalue weighted by Crippen LogP contribution is 2.18. The molecule has 118 valence electrons. The SMILES string of the molecule is CCN1C=C(C(=O)OCc2cccc(Cl)c2)C(C)=NS1(=O)=O. The van der Waals surface area contributed by atoms with Crippen LogP contribution in [-0.4, -0.2) is 30.9 Å². The van der Waals surface area contributed by atoms with Gasteiger partial charge in [0.25, 0.3) is 0 Å². The molecule has 8 heteroatoms. The van der Waals surface area contributed by atoms with Crippen LogP contribution in [0.5, 0.6) is 0 Å². The molecule has 1 heterocycles. The van der Waals surface area contributed by atoms with E-state index in [-0.39, 0.29) is 24.4 Å². The van der Waals surface area contributed by atoms with E-state index in [1.165, 1.54) is 13.1 Å². The van der Waals surface area contributed by atoms with E-state index in [0.717, 1.165) is 9.87 Å². The molecule has 6 nitrogen and oxygen atoms in total. The number of rotatable bonds is 4. The summed E-state index contributed by atoms with van der Waals surface area (Å²) in [5, 5.41) is 0.548. The number of hydrogen-bond donors (Lipinski definition) is 0. The molecule has 2 rings (SSSR count). The lowest BCUT2D eigenvalue weighted by Gasteiger charge is -2.21. The van der Waals surface area contributed by atoms with Crippen LogP contribution in [0.4, 0.5) is 0 Å². The van der Waals surface area contributed by atoms with Crippen LogP contribution in [-0.2, 0) is 26.3 Å². The maximum atomic E-state index is 12.1. The number of carbonyl (C=O) groups is 1. The molecular formula is C14H15ClN2O4S. The molecule has 0 radical (unpaired) electrons. The van der Waals surface area contributed by atoms with Crippen molar-refractivity contribution in [2.75, 3.05) is 6.54 Å². The Morgan fingerprint density at radius 1 is 1.41 bits per heavy atom. The Morgan fingerprint density at radius 2 is 2.14 bits per heavy atom. The topological polar surface area (TPSA) is 76.0 Å². The molecule has 0 amide bonds. The number of benzene rings is 1. The lowest BCUT2D eigenvalue weighted by Crippen LogP contribution is -2.31. The highest BCUT2D eigenvalue weighted by molar-refractivity contribution is 7.88. The molecule has 0 fully saturated rings. The summed E-state index contributed by atoms with van der Waals surface area (Å²) in [6.07, 6.45) is 1.25. The molecule has 1 aliphatic rings. The second-order valence-corrected chi connectivity index (χ2v) is 6.59. The summed E-state index contributed by atoms with van der Waals surface area (Å²) in [5.74, 6) is -0.630. The van der Waals surface area contributed by atoms with Crippen molar-refractivity contribution in [3.05, 3.63) is 46.6 Å². The predicted octanol–water partition coefficient (Wildman–Crippen LogP) is 2.31. The molecule has 1 aromatic rings. The van der Waals surface area contributed by atoms with Crippen LogP contribution in [0, 0.1) is 0 Å². The van der Waals surface area contributed by atoms with E-state index in [4.69, 9.17) is 16.3 Å². The van der Waals surface area contributed by atoms with Gasteiger partial charge in [0.05, 0.1) is 11.3 Å². The van der Waals surface area contributed by atoms with Gasteiger partial charge in [-0.3, -0.25) is 4.31 Å². The molecular weight excluding hydrogens is 328 g/mol. The van der Waals surface area contributed by atoms with E-state index in [2.05, 4.69) is 4.40 Å². The van der Waals surface area contributed by atoms with Gasteiger partial charge in [-0.05, 0) is 31.5 Å². The van der Waals surface area contributed by atoms with Gasteiger partial charge in [0.15, 0.2) is 0 Å². The van der Waals surface area contributed by atoms with Gasteiger partial charge in [0.1, 0.15) is 6.61 Å². The van der Waals surface area contributed by atoms with Crippen LogP contribution in [0.1, 0.15) is 19.4 Å². The third-order valence-corrected chi connectivity index (χ3v) is 4.70. The zero-order chi connectivity index (χ0) is 16.3. The molecule has 0 spiro atoms. The molecule has 22 heavy (non-hydrogen) atoms. The number of ether oxygens (including phenoxy) is 1. The first-order valence-corrected chi connectivity index (χ1v) is 8.33. The molecule has 0 saturated heterocycles. The van der Waals surface area contributed by atoms with Crippen LogP contribution < -0.4 is 0 Å². The summed E-state index contributed by atoms with van der Waals surface area (Å²) in [7, 11) is -3.74. The van der Waals surface area contributed by atoms with Gasteiger partial charge >= 0.3 is 16.2 Å². The summed E-state index contributed by atoms with van der Waals surface area (Å²) in [6.45, 7) is 3.34. The molecule has 0 aliphatic carbocycles. The fourth-order valence-electron chi connectivity index (χ4n) is 1.89. The van der Waals surface area contributed by atoms with Crippen molar-refractivity contribution >= 4 is 33.5 Å². The number of nitrogens with zero attached hydrogens (tertiary/aromatic N) is 2. The van der Waals surface area contributed by atoms with E-state index in [9.17, 15) is 13.2 Å². The molecule has 0 saturated carbocycles. The number of hydrogen-bond acceptors (Lipinski definition) is 4. The van der Waals surface area contributed by atoms with Crippen molar-refractivity contribution in [3.63, 3.8) is 0 Å². The Labute approximate surface area is 134 Å². The van der Waals surface area contributed by atoms with Crippen molar-refractivity contribution in [2.45, 2.75) is 20.5 Å². The van der Waals surface area contributed by atoms with Crippen molar-refractivity contribution < 1.29 is 17.9 Å². The first-order chi connectivity index (χ1) is 10.3. The van der Waals surface area contributed by atoms with Crippen LogP contribution in [0.25, 0.3) is 0 Å². The Morgan fingerprint density at radius 3 is 2.77 bits per heavy atom. The normalized spacial score (nSPS) is 16.8. The molecule has 1 aromatic carbocycles. The van der Waals surface area contributed by atoms with Crippen molar-refractivity contribution in [2.24, 2.45) is 4.40 Å². The maximum absolute atomic E-state index is 12.1. The third kappa shape index (κ3) is 3.66. The zero-order valence-corrected chi connectivity index (χ0v) is 13.7. The quantitative estimate of drug-likeness (QED) is 0.787. The highest BCUT2D eigenvalue weighted by atomic mass is 35.5. The summed E-state index contributed by atoms with van der Waals surface area (Å²) in [6, 6.07) is 6.94. The molecule has 1 aliphatic heterocycles. The van der Waals surface area contributed by atoms with Crippen molar-refractivity contribution in [1.82, 2.24) is 4.31 Å². The van der Waals surface area contributed by atoms with Crippen LogP contribution in [0.3, 0.4) is 0 Å². The van der Waals surface area contributed by atoms with Crippen LogP contribution in [0.15, 0.2) is 40.4 Å². The van der Waals surface area contributed by atoms with Gasteiger partial charge in [-0.2, -0.15) is 8.42 Å². The summed E-state index contributed by atoms with van der Waals surface area (Å²) >= 11 is 5.86. The van der Waals surface area contributed by atoms with Crippen LogP contribution in [0.2, 0.25) is 5.02 Å². The van der Waals surface area contributed by atoms with E-state index >= 15 is 0 Å². The van der Waals surface area contributed by atoms with Gasteiger partial charge in [-0.25, -0.2) is 4.79 Å². The molecule has 0 bridgehead atoms. The Hall–Kier alpha value is -1.86. The number of carbonyl (C=O) groups excluding carboxylic acids is 1. The van der Waals surface area contributed by atoms with E-state index in [1.807, 2.05) is 0 Å². The van der Waals surface area contributed by atoms with Crippen molar-refractivity contribution in [1.29, 1.82) is 0 Å². The van der Waals surface area contributed by atoms with Gasteiger partial charge < -0.3 is 4.74 Å². The van der Waals surface area contributed by atoms with Gasteiger partial charge in [0.2, 0.25) is 0 Å². The average Bonchev–Trinajstić information content (AvgIpc) is 2.44. The Bertz CT molecular complexity index is 756. The Kier molecular flexibility index (Phi) is 4.87. The van der Waals surface area contributed by atoms with Gasteiger partial charge in [0, 0.05) is 17.8 Å². The number of halogens is 1. The maximum Gasteiger partial charge on any atom is 0.344 e. The lowest BCUT2D eigenvalue weighted by atomic mass is 10.2. The number of esters is 1. The minimum absolute atomic E-state index is 0.0445. The molecule has 0 N–H and O–H groups in total. The van der Waals surface area contributed by atoms with Gasteiger partial charge in [-0.15, -0.1) is 4.40 Å². The fourth-order valence-corrected chi connectivity index (χ4v) is 3.21. The minimum Gasteiger partial charge on any atom is -0.457 e. The van der Waals surface area contributed by atoms with E-state index < -0.39 is 16.2 Å². The second-order valence-electron chi connectivity index (χ2n) is 4.61. The first kappa shape index (κ1) is 16.5. The van der Waals surface area contributed by atoms with Gasteiger partial charge in [-0.1, -0.05) is 23.7 Å². The highest BCUT2D eigenvalue weighted by Gasteiger charge is 2.27. The standard InChI is InChI=1S/C14H15ClN2O4S/c1-3-17-8-13(10(2)16-22(17,19)20)14(18)21-9-11-5-4-6-12(15)7-11/h4-8H,3,9H2,1-2H3. The summed E-state index contributed by atoms with van der Waals surface area (Å²) in [4.78, 5) is 12.1. The van der Waals surface area contributed by atoms with Crippen molar-refractivity contribution in [3.8, 4) is 0 Å².